The van der Waals surface area contributed by atoms with E-state index in [2.05, 4.69) is 21.5 Å². The molecule has 2 atom stereocenters. The smallest absolute Gasteiger partial charge is 0.355 e. The Hall–Kier alpha value is -5.04. The molecule has 47 heavy (non-hydrogen) atoms. The standard InChI is InChI=1S/C34H34F2N6O5/c1-6-26(43)40-13-14-41(19(5)16-40)32-21-15-23(36)29-27-22(35)9-8-10-24(27)47-17-25(46-7-2)31(44)20-11-12-37-28(18(3)4)30(20)42(33(21)38-29)34(45)39-32/h6,8-12,15,18-19,25H,1,7,13-14,16-17H2,2-5H3/t19-,25?/m0/s1. The van der Waals surface area contributed by atoms with Crippen molar-refractivity contribution in [2.24, 2.45) is 0 Å². The van der Waals surface area contributed by atoms with Crippen LogP contribution in [0.1, 0.15) is 49.7 Å². The van der Waals surface area contributed by atoms with E-state index in [9.17, 15) is 14.4 Å². The summed E-state index contributed by atoms with van der Waals surface area (Å²) in [6.07, 6.45) is 1.57. The fourth-order valence-electron chi connectivity index (χ4n) is 6.22. The van der Waals surface area contributed by atoms with E-state index in [0.29, 0.717) is 18.8 Å². The van der Waals surface area contributed by atoms with Gasteiger partial charge in [0, 0.05) is 44.0 Å². The third-order valence-corrected chi connectivity index (χ3v) is 8.44. The number of piperazine rings is 1. The van der Waals surface area contributed by atoms with Crippen LogP contribution < -0.4 is 15.3 Å². The van der Waals surface area contributed by atoms with Crippen LogP contribution in [0.2, 0.25) is 0 Å². The first-order valence-electron chi connectivity index (χ1n) is 15.4. The maximum Gasteiger partial charge on any atom is 0.355 e. The van der Waals surface area contributed by atoms with Crippen molar-refractivity contribution in [1.29, 1.82) is 0 Å². The average molecular weight is 645 g/mol. The number of carbonyl (C=O) groups excluding carboxylic acids is 2. The second-order valence-electron chi connectivity index (χ2n) is 11.8. The number of benzene rings is 1. The molecule has 5 heterocycles. The molecule has 2 bridgehead atoms. The number of amides is 1. The van der Waals surface area contributed by atoms with Gasteiger partial charge in [0.05, 0.1) is 22.3 Å². The van der Waals surface area contributed by atoms with Gasteiger partial charge in [-0.3, -0.25) is 14.6 Å². The number of hydrogen-bond acceptors (Lipinski definition) is 9. The highest BCUT2D eigenvalue weighted by Crippen LogP contribution is 2.38. The first kappa shape index (κ1) is 31.9. The van der Waals surface area contributed by atoms with Crippen molar-refractivity contribution in [2.45, 2.75) is 45.8 Å². The molecule has 0 spiro atoms. The molecule has 0 radical (unpaired) electrons. The normalized spacial score (nSPS) is 18.0. The summed E-state index contributed by atoms with van der Waals surface area (Å²) in [5.41, 5.74) is -0.879. The molecule has 11 nitrogen and oxygen atoms in total. The van der Waals surface area contributed by atoms with Gasteiger partial charge in [0.1, 0.15) is 29.7 Å². The van der Waals surface area contributed by atoms with Crippen LogP contribution in [0.25, 0.3) is 28.0 Å². The average Bonchev–Trinajstić information content (AvgIpc) is 3.05. The maximum atomic E-state index is 16.3. The number of nitrogens with zero attached hydrogens (tertiary/aromatic N) is 6. The summed E-state index contributed by atoms with van der Waals surface area (Å²) in [4.78, 5) is 57.9. The minimum absolute atomic E-state index is 0.0496. The van der Waals surface area contributed by atoms with E-state index in [0.717, 1.165) is 10.6 Å². The Balaban J connectivity index is 1.72. The van der Waals surface area contributed by atoms with Gasteiger partial charge in [-0.15, -0.1) is 0 Å². The molecule has 1 saturated heterocycles. The van der Waals surface area contributed by atoms with Gasteiger partial charge in [-0.2, -0.15) is 4.98 Å². The first-order chi connectivity index (χ1) is 22.5. The number of ketones is 1. The summed E-state index contributed by atoms with van der Waals surface area (Å²) in [5, 5.41) is 0.149. The molecule has 1 amide bonds. The second kappa shape index (κ2) is 12.6. The van der Waals surface area contributed by atoms with E-state index in [1.807, 2.05) is 25.7 Å². The van der Waals surface area contributed by atoms with E-state index in [-0.39, 0.29) is 82.7 Å². The van der Waals surface area contributed by atoms with Crippen molar-refractivity contribution < 1.29 is 27.8 Å². The molecule has 2 aliphatic rings. The summed E-state index contributed by atoms with van der Waals surface area (Å²) in [5.74, 6) is -2.59. The van der Waals surface area contributed by atoms with Crippen LogP contribution in [-0.4, -0.2) is 81.1 Å². The molecule has 0 saturated carbocycles. The Morgan fingerprint density at radius 2 is 1.96 bits per heavy atom. The lowest BCUT2D eigenvalue weighted by molar-refractivity contribution is -0.126. The number of pyridine rings is 2. The van der Waals surface area contributed by atoms with E-state index in [1.54, 1.807) is 11.8 Å². The Kier molecular flexibility index (Phi) is 8.58. The molecule has 0 aliphatic carbocycles. The minimum atomic E-state index is -1.15. The molecule has 0 N–H and O–H groups in total. The van der Waals surface area contributed by atoms with Gasteiger partial charge in [-0.25, -0.2) is 23.1 Å². The zero-order valence-electron chi connectivity index (χ0n) is 26.5. The van der Waals surface area contributed by atoms with Crippen LogP contribution in [0.3, 0.4) is 0 Å². The van der Waals surface area contributed by atoms with Crippen molar-refractivity contribution in [3.05, 3.63) is 82.6 Å². The van der Waals surface area contributed by atoms with E-state index >= 15 is 8.78 Å². The Morgan fingerprint density at radius 3 is 2.66 bits per heavy atom. The van der Waals surface area contributed by atoms with Gasteiger partial charge in [0.25, 0.3) is 0 Å². The highest BCUT2D eigenvalue weighted by Gasteiger charge is 2.34. The maximum absolute atomic E-state index is 16.3. The zero-order valence-corrected chi connectivity index (χ0v) is 26.5. The topological polar surface area (TPSA) is 120 Å². The molecule has 2 aliphatic heterocycles. The van der Waals surface area contributed by atoms with Gasteiger partial charge >= 0.3 is 5.69 Å². The quantitative estimate of drug-likeness (QED) is 0.290. The highest BCUT2D eigenvalue weighted by molar-refractivity contribution is 6.04. The van der Waals surface area contributed by atoms with Crippen molar-refractivity contribution >= 4 is 28.5 Å². The number of halogens is 2. The summed E-state index contributed by atoms with van der Waals surface area (Å²) in [7, 11) is 0. The predicted molar refractivity (Wildman–Crippen MR) is 171 cm³/mol. The molecule has 3 aromatic heterocycles. The lowest BCUT2D eigenvalue weighted by Crippen LogP contribution is -2.54. The Bertz CT molecular complexity index is 1980. The number of carbonyl (C=O) groups is 2. The third kappa shape index (κ3) is 5.54. The van der Waals surface area contributed by atoms with Crippen LogP contribution in [0, 0.1) is 11.6 Å². The molecular weight excluding hydrogens is 610 g/mol. The van der Waals surface area contributed by atoms with Crippen LogP contribution in [0.4, 0.5) is 14.6 Å². The predicted octanol–water partition coefficient (Wildman–Crippen LogP) is 4.45. The monoisotopic (exact) mass is 644 g/mol. The minimum Gasteiger partial charge on any atom is -0.490 e. The van der Waals surface area contributed by atoms with Gasteiger partial charge in [-0.1, -0.05) is 26.5 Å². The molecule has 1 unspecified atom stereocenters. The number of rotatable bonds is 5. The third-order valence-electron chi connectivity index (χ3n) is 8.44. The second-order valence-corrected chi connectivity index (χ2v) is 11.8. The summed E-state index contributed by atoms with van der Waals surface area (Å²) >= 11 is 0. The molecule has 4 aromatic rings. The summed E-state index contributed by atoms with van der Waals surface area (Å²) < 4.78 is 44.8. The largest absolute Gasteiger partial charge is 0.490 e. The van der Waals surface area contributed by atoms with Crippen LogP contribution >= 0.6 is 0 Å². The Morgan fingerprint density at radius 1 is 1.17 bits per heavy atom. The van der Waals surface area contributed by atoms with Crippen molar-refractivity contribution in [3.63, 3.8) is 0 Å². The van der Waals surface area contributed by atoms with Gasteiger partial charge in [-0.05, 0) is 50.1 Å². The number of anilines is 1. The van der Waals surface area contributed by atoms with E-state index in [1.165, 1.54) is 36.5 Å². The van der Waals surface area contributed by atoms with Crippen molar-refractivity contribution in [3.8, 4) is 22.7 Å². The van der Waals surface area contributed by atoms with Gasteiger partial charge < -0.3 is 19.3 Å². The number of ether oxygens (including phenoxy) is 2. The number of fused-ring (bicyclic) bond motifs is 5. The van der Waals surface area contributed by atoms with Crippen LogP contribution in [0.15, 0.2) is 54.0 Å². The lowest BCUT2D eigenvalue weighted by atomic mass is 9.98. The SMILES string of the molecule is C=CC(=O)N1CCN(c2nc(=O)n3c4nc(c(F)cc24)-c2c(F)cccc2OCC(OCC)C(=O)c2ccnc(C(C)C)c2-3)[C@@H](C)C1. The number of aromatic nitrogens is 4. The van der Waals surface area contributed by atoms with Gasteiger partial charge in [0.2, 0.25) is 5.91 Å². The van der Waals surface area contributed by atoms with E-state index < -0.39 is 29.2 Å². The first-order valence-corrected chi connectivity index (χ1v) is 15.4. The van der Waals surface area contributed by atoms with Gasteiger partial charge in [0.15, 0.2) is 23.4 Å². The van der Waals surface area contributed by atoms with E-state index in [4.69, 9.17) is 9.47 Å². The highest BCUT2D eigenvalue weighted by atomic mass is 19.1. The Labute approximate surface area is 269 Å². The number of hydrogen-bond donors (Lipinski definition) is 0. The van der Waals surface area contributed by atoms with Crippen LogP contribution in [-0.2, 0) is 9.53 Å². The van der Waals surface area contributed by atoms with Crippen LogP contribution in [0.5, 0.6) is 5.75 Å². The van der Waals surface area contributed by atoms with Crippen molar-refractivity contribution in [1.82, 2.24) is 24.4 Å². The molecule has 1 aromatic carbocycles. The zero-order chi connectivity index (χ0) is 33.6. The summed E-state index contributed by atoms with van der Waals surface area (Å²) in [6, 6.07) is 6.34. The van der Waals surface area contributed by atoms with Crippen molar-refractivity contribution in [2.75, 3.05) is 37.7 Å². The molecule has 13 heteroatoms. The molecule has 1 fully saturated rings. The molecular formula is C34H34F2N6O5. The summed E-state index contributed by atoms with van der Waals surface area (Å²) in [6.45, 7) is 11.6. The molecule has 244 valence electrons. The number of Topliss-reactive ketones (excluding diaryl/α,β-unsaturated/α-hetero) is 1. The lowest BCUT2D eigenvalue weighted by Gasteiger charge is -2.40. The fraction of sp³-hybridized carbons (Fsp3) is 0.353. The molecule has 6 rings (SSSR count). The fourth-order valence-corrected chi connectivity index (χ4v) is 6.22.